The van der Waals surface area contributed by atoms with Crippen LogP contribution in [0, 0.1) is 11.3 Å². The average Bonchev–Trinajstić information content (AvgIpc) is 3.21. The lowest BCUT2D eigenvalue weighted by Crippen LogP contribution is -2.18. The first-order chi connectivity index (χ1) is 16.3. The highest BCUT2D eigenvalue weighted by Crippen LogP contribution is 2.26. The Morgan fingerprint density at radius 1 is 1.03 bits per heavy atom. The Morgan fingerprint density at radius 3 is 2.50 bits per heavy atom. The van der Waals surface area contributed by atoms with E-state index >= 15 is 0 Å². The first-order valence-corrected chi connectivity index (χ1v) is 10.5. The third kappa shape index (κ3) is 4.83. The zero-order chi connectivity index (χ0) is 24.2. The highest BCUT2D eigenvalue weighted by Gasteiger charge is 2.17. The smallest absolute Gasteiger partial charge is 0.259 e. The summed E-state index contributed by atoms with van der Waals surface area (Å²) in [6, 6.07) is 11.0. The van der Waals surface area contributed by atoms with E-state index in [1.807, 2.05) is 26.0 Å². The summed E-state index contributed by atoms with van der Waals surface area (Å²) in [4.78, 5) is 32.9. The van der Waals surface area contributed by atoms with Gasteiger partial charge in [-0.25, -0.2) is 4.52 Å². The monoisotopic (exact) mass is 454 g/mol. The molecule has 0 radical (unpaired) electrons. The molecule has 10 nitrogen and oxygen atoms in total. The summed E-state index contributed by atoms with van der Waals surface area (Å²) in [5, 5.41) is 22.2. The number of amides is 2. The third-order valence-corrected chi connectivity index (χ3v) is 4.80. The van der Waals surface area contributed by atoms with Gasteiger partial charge in [0.1, 0.15) is 6.07 Å². The number of fused-ring (bicyclic) bond motifs is 1. The van der Waals surface area contributed by atoms with Crippen molar-refractivity contribution in [3.63, 3.8) is 0 Å². The Hall–Kier alpha value is -4.78. The molecule has 2 amide bonds. The van der Waals surface area contributed by atoms with Crippen LogP contribution in [-0.4, -0.2) is 37.4 Å². The maximum atomic E-state index is 13.1. The van der Waals surface area contributed by atoms with E-state index in [0.29, 0.717) is 33.9 Å². The molecule has 0 aliphatic rings. The minimum absolute atomic E-state index is 0.0620. The van der Waals surface area contributed by atoms with E-state index in [-0.39, 0.29) is 17.9 Å². The largest absolute Gasteiger partial charge is 0.382 e. The molecule has 3 N–H and O–H groups in total. The molecule has 0 spiro atoms. The third-order valence-electron chi connectivity index (χ3n) is 4.80. The lowest BCUT2D eigenvalue weighted by atomic mass is 10.1. The summed E-state index contributed by atoms with van der Waals surface area (Å²) < 4.78 is 1.70. The summed E-state index contributed by atoms with van der Waals surface area (Å²) in [5.74, 6) is -0.606. The van der Waals surface area contributed by atoms with E-state index < -0.39 is 0 Å². The molecular weight excluding hydrogens is 432 g/mol. The molecule has 0 aromatic carbocycles. The van der Waals surface area contributed by atoms with E-state index in [1.165, 1.54) is 31.7 Å². The Labute approximate surface area is 195 Å². The van der Waals surface area contributed by atoms with Gasteiger partial charge in [0.05, 0.1) is 63.7 Å². The summed E-state index contributed by atoms with van der Waals surface area (Å²) in [6.45, 7) is 5.34. The van der Waals surface area contributed by atoms with Gasteiger partial charge in [0.25, 0.3) is 5.91 Å². The van der Waals surface area contributed by atoms with Crippen LogP contribution in [0.5, 0.6) is 0 Å². The number of hydrogen-bond donors (Lipinski definition) is 3. The lowest BCUT2D eigenvalue weighted by molar-refractivity contribution is -0.114. The van der Waals surface area contributed by atoms with Gasteiger partial charge in [0.15, 0.2) is 0 Å². The number of nitrogens with one attached hydrogen (secondary N) is 3. The van der Waals surface area contributed by atoms with Gasteiger partial charge in [-0.05, 0) is 44.2 Å². The van der Waals surface area contributed by atoms with Gasteiger partial charge in [0, 0.05) is 19.2 Å². The fourth-order valence-corrected chi connectivity index (χ4v) is 3.44. The lowest BCUT2D eigenvalue weighted by Gasteiger charge is -2.16. The minimum Gasteiger partial charge on any atom is -0.382 e. The molecule has 0 aliphatic heterocycles. The maximum absolute atomic E-state index is 13.1. The molecule has 0 unspecified atom stereocenters. The van der Waals surface area contributed by atoms with Gasteiger partial charge in [-0.3, -0.25) is 19.6 Å². The van der Waals surface area contributed by atoms with Crippen LogP contribution in [0.15, 0.2) is 55.1 Å². The number of anilines is 3. The average molecular weight is 454 g/mol. The standard InChI is InChI=1S/C24H22N8O2/c1-14(2)29-21-8-22(23-5-4-19-6-16(9-25)10-28-32(19)23)27-13-20(21)24(34)31-18-7-17(11-26-12-18)30-15(3)33/h4-8,10-14H,1-3H3,(H,27,29)(H,30,33)(H,31,34). The van der Waals surface area contributed by atoms with Crippen molar-refractivity contribution in [2.45, 2.75) is 26.8 Å². The van der Waals surface area contributed by atoms with E-state index in [0.717, 1.165) is 11.2 Å². The second-order valence-corrected chi connectivity index (χ2v) is 7.92. The summed E-state index contributed by atoms with van der Waals surface area (Å²) >= 11 is 0. The van der Waals surface area contributed by atoms with Crippen LogP contribution in [0.4, 0.5) is 17.1 Å². The summed E-state index contributed by atoms with van der Waals surface area (Å²) in [7, 11) is 0. The van der Waals surface area contributed by atoms with Crippen LogP contribution >= 0.6 is 0 Å². The van der Waals surface area contributed by atoms with Crippen molar-refractivity contribution in [1.82, 2.24) is 19.6 Å². The zero-order valence-corrected chi connectivity index (χ0v) is 18.8. The molecule has 0 saturated heterocycles. The first kappa shape index (κ1) is 22.4. The van der Waals surface area contributed by atoms with Crippen molar-refractivity contribution in [3.8, 4) is 17.5 Å². The maximum Gasteiger partial charge on any atom is 0.259 e. The van der Waals surface area contributed by atoms with Gasteiger partial charge < -0.3 is 16.0 Å². The molecule has 4 heterocycles. The van der Waals surface area contributed by atoms with Crippen LogP contribution in [0.25, 0.3) is 16.9 Å². The van der Waals surface area contributed by atoms with E-state index in [2.05, 4.69) is 37.1 Å². The zero-order valence-electron chi connectivity index (χ0n) is 18.8. The number of pyridine rings is 2. The van der Waals surface area contributed by atoms with Crippen LogP contribution in [0.3, 0.4) is 0 Å². The Kier molecular flexibility index (Phi) is 6.18. The van der Waals surface area contributed by atoms with Gasteiger partial charge in [-0.1, -0.05) is 0 Å². The molecule has 4 aromatic heterocycles. The topological polar surface area (TPSA) is 137 Å². The first-order valence-electron chi connectivity index (χ1n) is 10.5. The van der Waals surface area contributed by atoms with Crippen LogP contribution < -0.4 is 16.0 Å². The van der Waals surface area contributed by atoms with Crippen molar-refractivity contribution < 1.29 is 9.59 Å². The summed E-state index contributed by atoms with van der Waals surface area (Å²) in [5.41, 5.74) is 4.45. The predicted molar refractivity (Wildman–Crippen MR) is 128 cm³/mol. The van der Waals surface area contributed by atoms with Crippen molar-refractivity contribution in [2.75, 3.05) is 16.0 Å². The van der Waals surface area contributed by atoms with Gasteiger partial charge in [-0.15, -0.1) is 0 Å². The fourth-order valence-electron chi connectivity index (χ4n) is 3.44. The van der Waals surface area contributed by atoms with Crippen molar-refractivity contribution in [3.05, 3.63) is 66.2 Å². The van der Waals surface area contributed by atoms with Crippen molar-refractivity contribution in [1.29, 1.82) is 5.26 Å². The van der Waals surface area contributed by atoms with E-state index in [4.69, 9.17) is 5.26 Å². The molecule has 170 valence electrons. The number of aromatic nitrogens is 4. The molecule has 0 bridgehead atoms. The van der Waals surface area contributed by atoms with Crippen LogP contribution in [0.1, 0.15) is 36.7 Å². The Bertz CT molecular complexity index is 1430. The number of hydrogen-bond acceptors (Lipinski definition) is 7. The van der Waals surface area contributed by atoms with Crippen molar-refractivity contribution >= 4 is 34.4 Å². The van der Waals surface area contributed by atoms with Crippen molar-refractivity contribution in [2.24, 2.45) is 0 Å². The van der Waals surface area contributed by atoms with E-state index in [9.17, 15) is 9.59 Å². The van der Waals surface area contributed by atoms with Gasteiger partial charge in [0.2, 0.25) is 5.91 Å². The number of carbonyl (C=O) groups excluding carboxylic acids is 2. The minimum atomic E-state index is -0.374. The fraction of sp³-hybridized carbons (Fsp3) is 0.167. The number of carbonyl (C=O) groups is 2. The molecule has 0 saturated carbocycles. The molecule has 0 fully saturated rings. The molecule has 10 heteroatoms. The second-order valence-electron chi connectivity index (χ2n) is 7.92. The molecule has 0 aliphatic carbocycles. The Morgan fingerprint density at radius 2 is 1.79 bits per heavy atom. The number of nitriles is 1. The predicted octanol–water partition coefficient (Wildman–Crippen LogP) is 3.69. The molecule has 0 atom stereocenters. The SMILES string of the molecule is CC(=O)Nc1cncc(NC(=O)c2cnc(-c3ccc4cc(C#N)cnn34)cc2NC(C)C)c1. The Balaban J connectivity index is 1.67. The molecule has 34 heavy (non-hydrogen) atoms. The molecule has 4 rings (SSSR count). The second kappa shape index (κ2) is 9.38. The van der Waals surface area contributed by atoms with Gasteiger partial charge >= 0.3 is 0 Å². The normalized spacial score (nSPS) is 10.7. The molecule has 4 aromatic rings. The summed E-state index contributed by atoms with van der Waals surface area (Å²) in [6.07, 6.45) is 5.99. The highest BCUT2D eigenvalue weighted by molar-refractivity contribution is 6.08. The molecular formula is C24H22N8O2. The highest BCUT2D eigenvalue weighted by atomic mass is 16.2. The van der Waals surface area contributed by atoms with E-state index in [1.54, 1.807) is 22.7 Å². The quantitative estimate of drug-likeness (QED) is 0.404. The van der Waals surface area contributed by atoms with Crippen LogP contribution in [-0.2, 0) is 4.79 Å². The number of rotatable bonds is 6. The number of nitrogens with zero attached hydrogens (tertiary/aromatic N) is 5. The van der Waals surface area contributed by atoms with Crippen LogP contribution in [0.2, 0.25) is 0 Å². The van der Waals surface area contributed by atoms with Gasteiger partial charge in [-0.2, -0.15) is 10.4 Å².